The zero-order valence-electron chi connectivity index (χ0n) is 15.3. The fourth-order valence-corrected chi connectivity index (χ4v) is 3.48. The second-order valence-electron chi connectivity index (χ2n) is 5.96. The summed E-state index contributed by atoms with van der Waals surface area (Å²) in [5.74, 6) is 1.19. The summed E-state index contributed by atoms with van der Waals surface area (Å²) < 4.78 is 10.3. The number of carbonyl (C=O) groups is 1. The highest BCUT2D eigenvalue weighted by molar-refractivity contribution is 7.98. The molecule has 0 atom stereocenters. The van der Waals surface area contributed by atoms with Crippen molar-refractivity contribution in [2.45, 2.75) is 30.9 Å². The lowest BCUT2D eigenvalue weighted by molar-refractivity contribution is 0.0946. The predicted octanol–water partition coefficient (Wildman–Crippen LogP) is 3.75. The number of aromatic nitrogens is 2. The number of carbonyl (C=O) groups excluding carboxylic acids is 1. The normalized spacial score (nSPS) is 10.7. The number of hydrogen-bond donors (Lipinski definition) is 1. The van der Waals surface area contributed by atoms with Crippen molar-refractivity contribution in [3.8, 4) is 0 Å². The zero-order chi connectivity index (χ0) is 19.1. The zero-order valence-corrected chi connectivity index (χ0v) is 16.1. The average molecular weight is 383 g/mol. The van der Waals surface area contributed by atoms with Gasteiger partial charge in [0.05, 0.1) is 17.9 Å². The lowest BCUT2D eigenvalue weighted by Crippen LogP contribution is -2.24. The van der Waals surface area contributed by atoms with Gasteiger partial charge in [-0.05, 0) is 30.2 Å². The van der Waals surface area contributed by atoms with E-state index in [1.807, 2.05) is 37.3 Å². The molecule has 6 nitrogen and oxygen atoms in total. The van der Waals surface area contributed by atoms with Crippen molar-refractivity contribution in [3.05, 3.63) is 76.8 Å². The lowest BCUT2D eigenvalue weighted by atomic mass is 10.1. The Labute approximate surface area is 162 Å². The molecule has 1 amide bonds. The Bertz CT molecular complexity index is 911. The number of hydrogen-bond acceptors (Lipinski definition) is 6. The van der Waals surface area contributed by atoms with Gasteiger partial charge in [0.1, 0.15) is 10.8 Å². The minimum Gasteiger partial charge on any atom is -0.380 e. The number of nitrogens with one attached hydrogen (secondary N) is 1. The molecule has 3 rings (SSSR count). The molecule has 0 unspecified atom stereocenters. The molecular weight excluding hydrogens is 362 g/mol. The van der Waals surface area contributed by atoms with Crippen LogP contribution in [0.2, 0.25) is 0 Å². The predicted molar refractivity (Wildman–Crippen MR) is 103 cm³/mol. The summed E-state index contributed by atoms with van der Waals surface area (Å²) in [6, 6.07) is 13.3. The molecule has 0 saturated carbocycles. The first kappa shape index (κ1) is 19.1. The Kier molecular flexibility index (Phi) is 6.62. The summed E-state index contributed by atoms with van der Waals surface area (Å²) >= 11 is 1.46. The minimum absolute atomic E-state index is 0.158. The van der Waals surface area contributed by atoms with E-state index in [4.69, 9.17) is 9.26 Å². The fourth-order valence-electron chi connectivity index (χ4n) is 2.60. The van der Waals surface area contributed by atoms with Crippen LogP contribution in [0.3, 0.4) is 0 Å². The van der Waals surface area contributed by atoms with Gasteiger partial charge in [0.2, 0.25) is 0 Å². The van der Waals surface area contributed by atoms with E-state index in [9.17, 15) is 4.79 Å². The molecule has 0 aliphatic rings. The van der Waals surface area contributed by atoms with E-state index >= 15 is 0 Å². The Morgan fingerprint density at radius 2 is 2.04 bits per heavy atom. The van der Waals surface area contributed by atoms with Gasteiger partial charge in [-0.3, -0.25) is 4.79 Å². The van der Waals surface area contributed by atoms with Crippen molar-refractivity contribution in [1.82, 2.24) is 15.5 Å². The Morgan fingerprint density at radius 3 is 2.78 bits per heavy atom. The topological polar surface area (TPSA) is 77.2 Å². The molecule has 0 spiro atoms. The highest BCUT2D eigenvalue weighted by Crippen LogP contribution is 2.24. The van der Waals surface area contributed by atoms with Gasteiger partial charge < -0.3 is 14.6 Å². The lowest BCUT2D eigenvalue weighted by Gasteiger charge is -2.11. The van der Waals surface area contributed by atoms with Crippen LogP contribution in [0.25, 0.3) is 0 Å². The standard InChI is InChI=1S/C20H21N3O3S/c1-14-10-17(23-26-14)13-27-20-18(8-5-9-21-20)19(24)22-11-15-6-3-4-7-16(15)12-25-2/h3-10H,11-13H2,1-2H3,(H,22,24). The second-order valence-corrected chi connectivity index (χ2v) is 6.92. The van der Waals surface area contributed by atoms with E-state index < -0.39 is 0 Å². The van der Waals surface area contributed by atoms with E-state index in [1.54, 1.807) is 25.4 Å². The smallest absolute Gasteiger partial charge is 0.254 e. The largest absolute Gasteiger partial charge is 0.380 e. The maximum absolute atomic E-state index is 12.7. The molecule has 27 heavy (non-hydrogen) atoms. The Balaban J connectivity index is 1.66. The summed E-state index contributed by atoms with van der Waals surface area (Å²) in [6.45, 7) is 2.79. The van der Waals surface area contributed by atoms with E-state index in [-0.39, 0.29) is 5.91 Å². The molecule has 0 radical (unpaired) electrons. The van der Waals surface area contributed by atoms with Crippen LogP contribution < -0.4 is 5.32 Å². The molecule has 7 heteroatoms. The van der Waals surface area contributed by atoms with Crippen LogP contribution in [-0.4, -0.2) is 23.2 Å². The number of methoxy groups -OCH3 is 1. The SMILES string of the molecule is COCc1ccccc1CNC(=O)c1cccnc1SCc1cc(C)on1. The van der Waals surface area contributed by atoms with Gasteiger partial charge in [0.25, 0.3) is 5.91 Å². The molecule has 140 valence electrons. The van der Waals surface area contributed by atoms with E-state index in [0.29, 0.717) is 29.5 Å². The van der Waals surface area contributed by atoms with E-state index in [1.165, 1.54) is 11.8 Å². The Hall–Kier alpha value is -2.64. The van der Waals surface area contributed by atoms with E-state index in [0.717, 1.165) is 22.6 Å². The van der Waals surface area contributed by atoms with Gasteiger partial charge in [-0.2, -0.15) is 0 Å². The number of ether oxygens (including phenoxy) is 1. The number of amides is 1. The first-order valence-electron chi connectivity index (χ1n) is 8.51. The summed E-state index contributed by atoms with van der Waals surface area (Å²) in [5, 5.41) is 7.61. The van der Waals surface area contributed by atoms with Gasteiger partial charge in [-0.25, -0.2) is 4.98 Å². The van der Waals surface area contributed by atoms with Crippen molar-refractivity contribution >= 4 is 17.7 Å². The molecule has 0 bridgehead atoms. The first-order valence-corrected chi connectivity index (χ1v) is 9.50. The molecule has 3 aromatic rings. The molecule has 1 aromatic carbocycles. The van der Waals surface area contributed by atoms with Crippen LogP contribution in [0.5, 0.6) is 0 Å². The van der Waals surface area contributed by atoms with Crippen LogP contribution in [-0.2, 0) is 23.6 Å². The number of rotatable bonds is 8. The molecule has 0 aliphatic heterocycles. The summed E-state index contributed by atoms with van der Waals surface area (Å²) in [6.07, 6.45) is 1.68. The van der Waals surface area contributed by atoms with Crippen molar-refractivity contribution in [1.29, 1.82) is 0 Å². The third-order valence-electron chi connectivity index (χ3n) is 3.91. The Morgan fingerprint density at radius 1 is 1.22 bits per heavy atom. The van der Waals surface area contributed by atoms with Gasteiger partial charge in [-0.1, -0.05) is 41.2 Å². The number of nitrogens with zero attached hydrogens (tertiary/aromatic N) is 2. The maximum atomic E-state index is 12.7. The third-order valence-corrected chi connectivity index (χ3v) is 4.95. The second kappa shape index (κ2) is 9.34. The summed E-state index contributed by atoms with van der Waals surface area (Å²) in [5.41, 5.74) is 3.46. The van der Waals surface area contributed by atoms with Crippen molar-refractivity contribution in [2.75, 3.05) is 7.11 Å². The van der Waals surface area contributed by atoms with Crippen LogP contribution in [0.4, 0.5) is 0 Å². The van der Waals surface area contributed by atoms with Gasteiger partial charge in [-0.15, -0.1) is 0 Å². The maximum Gasteiger partial charge on any atom is 0.254 e. The van der Waals surface area contributed by atoms with Crippen molar-refractivity contribution in [3.63, 3.8) is 0 Å². The first-order chi connectivity index (χ1) is 13.2. The molecule has 1 N–H and O–H groups in total. The van der Waals surface area contributed by atoms with Crippen molar-refractivity contribution < 1.29 is 14.1 Å². The van der Waals surface area contributed by atoms with Crippen LogP contribution in [0.15, 0.2) is 58.2 Å². The minimum atomic E-state index is -0.158. The summed E-state index contributed by atoms with van der Waals surface area (Å²) in [7, 11) is 1.66. The van der Waals surface area contributed by atoms with Gasteiger partial charge in [0.15, 0.2) is 0 Å². The van der Waals surface area contributed by atoms with Gasteiger partial charge in [0, 0.05) is 31.7 Å². The van der Waals surface area contributed by atoms with Crippen LogP contribution in [0.1, 0.15) is 32.9 Å². The highest BCUT2D eigenvalue weighted by Gasteiger charge is 2.14. The number of aryl methyl sites for hydroxylation is 1. The average Bonchev–Trinajstić information content (AvgIpc) is 3.11. The van der Waals surface area contributed by atoms with Gasteiger partial charge >= 0.3 is 0 Å². The summed E-state index contributed by atoms with van der Waals surface area (Å²) in [4.78, 5) is 17.0. The van der Waals surface area contributed by atoms with Crippen LogP contribution >= 0.6 is 11.8 Å². The number of pyridine rings is 1. The number of thioether (sulfide) groups is 1. The monoisotopic (exact) mass is 383 g/mol. The molecule has 0 aliphatic carbocycles. The molecular formula is C20H21N3O3S. The third kappa shape index (κ3) is 5.18. The quantitative estimate of drug-likeness (QED) is 0.597. The molecule has 2 aromatic heterocycles. The van der Waals surface area contributed by atoms with E-state index in [2.05, 4.69) is 15.5 Å². The molecule has 0 fully saturated rings. The van der Waals surface area contributed by atoms with Crippen LogP contribution in [0, 0.1) is 6.92 Å². The number of benzene rings is 1. The van der Waals surface area contributed by atoms with Crippen molar-refractivity contribution in [2.24, 2.45) is 0 Å². The molecule has 2 heterocycles. The highest BCUT2D eigenvalue weighted by atomic mass is 32.2. The molecule has 0 saturated heterocycles. The fraction of sp³-hybridized carbons (Fsp3) is 0.250.